The molecule has 0 saturated carbocycles. The van der Waals surface area contributed by atoms with Crippen molar-refractivity contribution < 1.29 is 9.53 Å². The lowest BCUT2D eigenvalue weighted by molar-refractivity contribution is -0.143. The minimum Gasteiger partial charge on any atom is -0.466 e. The van der Waals surface area contributed by atoms with Crippen molar-refractivity contribution in [3.8, 4) is 0 Å². The van der Waals surface area contributed by atoms with Crippen LogP contribution in [0.2, 0.25) is 0 Å². The van der Waals surface area contributed by atoms with Crippen molar-refractivity contribution in [2.45, 2.75) is 19.3 Å². The number of aryl methyl sites for hydroxylation is 1. The van der Waals surface area contributed by atoms with Crippen LogP contribution in [0, 0.1) is 0 Å². The lowest BCUT2D eigenvalue weighted by atomic mass is 10.3. The van der Waals surface area contributed by atoms with Crippen LogP contribution in [0.5, 0.6) is 0 Å². The molecule has 0 amide bonds. The van der Waals surface area contributed by atoms with Gasteiger partial charge in [-0.05, 0) is 73.5 Å². The van der Waals surface area contributed by atoms with Crippen LogP contribution in [0.4, 0.5) is 0 Å². The molecule has 1 heterocycles. The van der Waals surface area contributed by atoms with Gasteiger partial charge in [0.05, 0.1) is 13.0 Å². The summed E-state index contributed by atoms with van der Waals surface area (Å²) in [6, 6.07) is 6.04. The zero-order valence-electron chi connectivity index (χ0n) is 15.3. The quantitative estimate of drug-likeness (QED) is 0.472. The van der Waals surface area contributed by atoms with E-state index in [2.05, 4.69) is 42.3 Å². The Hall–Kier alpha value is -0.680. The first-order valence-corrected chi connectivity index (χ1v) is 13.9. The van der Waals surface area contributed by atoms with Crippen LogP contribution in [0.3, 0.4) is 0 Å². The minimum absolute atomic E-state index is 0.0349. The predicted octanol–water partition coefficient (Wildman–Crippen LogP) is 3.71. The molecule has 5 heteroatoms. The van der Waals surface area contributed by atoms with Crippen molar-refractivity contribution in [1.29, 1.82) is 0 Å². The van der Waals surface area contributed by atoms with Crippen molar-refractivity contribution in [3.05, 3.63) is 30.1 Å². The highest BCUT2D eigenvalue weighted by atomic mass is 32.3. The van der Waals surface area contributed by atoms with E-state index in [1.54, 1.807) is 0 Å². The highest BCUT2D eigenvalue weighted by molar-refractivity contribution is 8.32. The lowest BCUT2D eigenvalue weighted by Gasteiger charge is -2.30. The molecular formula is C18H33NO2S2. The van der Waals surface area contributed by atoms with Crippen molar-refractivity contribution in [1.82, 2.24) is 4.98 Å². The van der Waals surface area contributed by atoms with Gasteiger partial charge in [-0.3, -0.25) is 9.78 Å². The molecule has 0 atom stereocenters. The second-order valence-electron chi connectivity index (χ2n) is 7.37. The van der Waals surface area contributed by atoms with Gasteiger partial charge < -0.3 is 4.74 Å². The Morgan fingerprint density at radius 2 is 1.83 bits per heavy atom. The molecule has 0 spiro atoms. The van der Waals surface area contributed by atoms with Crippen molar-refractivity contribution >= 4 is 26.0 Å². The predicted molar refractivity (Wildman–Crippen MR) is 108 cm³/mol. The third-order valence-electron chi connectivity index (χ3n) is 3.66. The molecule has 0 aliphatic rings. The number of esters is 1. The summed E-state index contributed by atoms with van der Waals surface area (Å²) in [5.74, 6) is 3.20. The van der Waals surface area contributed by atoms with E-state index in [1.165, 1.54) is 5.75 Å². The van der Waals surface area contributed by atoms with Crippen LogP contribution >= 0.6 is 20.1 Å². The van der Waals surface area contributed by atoms with Crippen molar-refractivity contribution in [2.75, 3.05) is 55.1 Å². The molecule has 0 unspecified atom stereocenters. The number of carbonyl (C=O) groups is 1. The minimum atomic E-state index is -0.765. The molecule has 1 aromatic heterocycles. The van der Waals surface area contributed by atoms with E-state index in [0.29, 0.717) is 13.0 Å². The molecule has 0 bridgehead atoms. The summed E-state index contributed by atoms with van der Waals surface area (Å²) in [7, 11) is -1.25. The van der Waals surface area contributed by atoms with Gasteiger partial charge in [0.15, 0.2) is 0 Å². The Morgan fingerprint density at radius 3 is 2.43 bits per heavy atom. The third-order valence-corrected chi connectivity index (χ3v) is 7.79. The van der Waals surface area contributed by atoms with E-state index in [0.717, 1.165) is 30.0 Å². The Kier molecular flexibility index (Phi) is 8.48. The summed E-state index contributed by atoms with van der Waals surface area (Å²) >= 11 is 0. The Morgan fingerprint density at radius 1 is 1.09 bits per heavy atom. The average Bonchev–Trinajstić information content (AvgIpc) is 2.48. The highest BCUT2D eigenvalue weighted by Gasteiger charge is 2.15. The van der Waals surface area contributed by atoms with Gasteiger partial charge in [-0.15, -0.1) is 0 Å². The van der Waals surface area contributed by atoms with E-state index in [1.807, 2.05) is 18.3 Å². The fraction of sp³-hybridized carbons (Fsp3) is 0.667. The van der Waals surface area contributed by atoms with Gasteiger partial charge in [-0.1, -0.05) is 6.07 Å². The first-order valence-electron chi connectivity index (χ1n) is 8.08. The molecule has 3 nitrogen and oxygen atoms in total. The number of aromatic nitrogens is 1. The van der Waals surface area contributed by atoms with Crippen LogP contribution < -0.4 is 0 Å². The maximum Gasteiger partial charge on any atom is 0.306 e. The zero-order valence-corrected chi connectivity index (χ0v) is 17.0. The first-order chi connectivity index (χ1) is 10.7. The number of hydrogen-bond donors (Lipinski definition) is 0. The molecule has 1 rings (SSSR count). The van der Waals surface area contributed by atoms with Gasteiger partial charge in [-0.2, -0.15) is 0 Å². The number of rotatable bonds is 10. The SMILES string of the molecule is CS(C)(C)CCCOC(=O)CCS(C)(C)CCc1ccccn1. The molecule has 23 heavy (non-hydrogen) atoms. The summed E-state index contributed by atoms with van der Waals surface area (Å²) in [6.07, 6.45) is 15.8. The van der Waals surface area contributed by atoms with E-state index >= 15 is 0 Å². The topological polar surface area (TPSA) is 39.2 Å². The van der Waals surface area contributed by atoms with Gasteiger partial charge in [0.1, 0.15) is 0 Å². The Bertz CT molecular complexity index is 470. The fourth-order valence-electron chi connectivity index (χ4n) is 2.14. The fourth-order valence-corrected chi connectivity index (χ4v) is 4.81. The van der Waals surface area contributed by atoms with Gasteiger partial charge >= 0.3 is 5.97 Å². The van der Waals surface area contributed by atoms with Crippen molar-refractivity contribution in [2.24, 2.45) is 0 Å². The van der Waals surface area contributed by atoms with E-state index in [4.69, 9.17) is 4.74 Å². The van der Waals surface area contributed by atoms with Crippen LogP contribution in [0.1, 0.15) is 18.5 Å². The van der Waals surface area contributed by atoms with Gasteiger partial charge in [0, 0.05) is 11.9 Å². The second kappa shape index (κ2) is 9.58. The van der Waals surface area contributed by atoms with E-state index in [9.17, 15) is 4.79 Å². The van der Waals surface area contributed by atoms with Gasteiger partial charge in [0.25, 0.3) is 0 Å². The third kappa shape index (κ3) is 10.7. The largest absolute Gasteiger partial charge is 0.466 e. The maximum atomic E-state index is 11.9. The van der Waals surface area contributed by atoms with Gasteiger partial charge in [0.2, 0.25) is 0 Å². The van der Waals surface area contributed by atoms with Crippen LogP contribution in [-0.2, 0) is 16.0 Å². The van der Waals surface area contributed by atoms with Crippen LogP contribution in [0.25, 0.3) is 0 Å². The van der Waals surface area contributed by atoms with Crippen LogP contribution in [0.15, 0.2) is 24.4 Å². The summed E-state index contributed by atoms with van der Waals surface area (Å²) in [6.45, 7) is 0.576. The molecule has 0 aliphatic heterocycles. The number of pyridine rings is 1. The first kappa shape index (κ1) is 20.4. The second-order valence-corrected chi connectivity index (χ2v) is 16.3. The lowest BCUT2D eigenvalue weighted by Crippen LogP contribution is -2.15. The van der Waals surface area contributed by atoms with Crippen LogP contribution in [-0.4, -0.2) is 66.1 Å². The normalized spacial score (nSPS) is 13.6. The number of ether oxygens (including phenoxy) is 1. The van der Waals surface area contributed by atoms with E-state index in [-0.39, 0.29) is 5.97 Å². The molecular weight excluding hydrogens is 326 g/mol. The Labute approximate surface area is 145 Å². The smallest absolute Gasteiger partial charge is 0.306 e. The summed E-state index contributed by atoms with van der Waals surface area (Å²) in [5.41, 5.74) is 1.14. The molecule has 0 radical (unpaired) electrons. The molecule has 0 N–H and O–H groups in total. The molecule has 0 fully saturated rings. The monoisotopic (exact) mass is 359 g/mol. The molecule has 1 aromatic rings. The van der Waals surface area contributed by atoms with Crippen molar-refractivity contribution in [3.63, 3.8) is 0 Å². The summed E-state index contributed by atoms with van der Waals surface area (Å²) in [4.78, 5) is 16.2. The number of nitrogens with zero attached hydrogens (tertiary/aromatic N) is 1. The molecule has 134 valence electrons. The van der Waals surface area contributed by atoms with Gasteiger partial charge in [-0.25, -0.2) is 20.1 Å². The zero-order chi connectivity index (χ0) is 17.3. The Balaban J connectivity index is 2.20. The number of carbonyl (C=O) groups excluding carboxylic acids is 1. The molecule has 0 aromatic carbocycles. The summed E-state index contributed by atoms with van der Waals surface area (Å²) in [5, 5.41) is 0. The van der Waals surface area contributed by atoms with E-state index < -0.39 is 20.1 Å². The number of hydrogen-bond acceptors (Lipinski definition) is 3. The standard InChI is InChI=1S/C18H33NO2S2/c1-22(2,3)14-8-13-21-18(20)11-16-23(4,5)15-10-17-9-6-7-12-19-17/h6-7,9,12H,8,10-11,13-16H2,1-5H3. The highest BCUT2D eigenvalue weighted by Crippen LogP contribution is 2.40. The maximum absolute atomic E-state index is 11.9. The average molecular weight is 360 g/mol. The summed E-state index contributed by atoms with van der Waals surface area (Å²) < 4.78 is 5.37. The molecule has 0 saturated heterocycles. The molecule has 0 aliphatic carbocycles.